The molecule has 2 nitrogen and oxygen atoms in total. The van der Waals surface area contributed by atoms with Gasteiger partial charge < -0.3 is 4.52 Å². The van der Waals surface area contributed by atoms with Crippen molar-refractivity contribution in [2.75, 3.05) is 0 Å². The Morgan fingerprint density at radius 2 is 2.08 bits per heavy atom. The zero-order chi connectivity index (χ0) is 10.1. The lowest BCUT2D eigenvalue weighted by Crippen LogP contribution is -1.86. The quantitative estimate of drug-likeness (QED) is 0.707. The van der Waals surface area contributed by atoms with E-state index in [2.05, 4.69) is 4.52 Å². The molecule has 1 atom stereocenters. The Morgan fingerprint density at radius 1 is 1.46 bits per heavy atom. The van der Waals surface area contributed by atoms with E-state index in [1.165, 1.54) is 0 Å². The molecule has 1 aromatic carbocycles. The van der Waals surface area contributed by atoms with Gasteiger partial charge in [0.15, 0.2) is 0 Å². The molecule has 13 heavy (non-hydrogen) atoms. The van der Waals surface area contributed by atoms with Crippen molar-refractivity contribution >= 4 is 18.3 Å². The molecule has 1 aromatic rings. The van der Waals surface area contributed by atoms with Gasteiger partial charge in [0.2, 0.25) is 0 Å². The molecule has 0 aromatic heterocycles. The highest BCUT2D eigenvalue weighted by Gasteiger charge is 2.19. The Morgan fingerprint density at radius 3 is 2.54 bits per heavy atom. The maximum Gasteiger partial charge on any atom is 0.514 e. The van der Waals surface area contributed by atoms with Crippen LogP contribution in [0.5, 0.6) is 5.75 Å². The summed E-state index contributed by atoms with van der Waals surface area (Å²) in [6, 6.07) is 5.07. The van der Waals surface area contributed by atoms with Gasteiger partial charge in [0, 0.05) is 11.2 Å². The Balaban J connectivity index is 2.97. The van der Waals surface area contributed by atoms with Gasteiger partial charge in [-0.1, -0.05) is 17.7 Å². The number of benzene rings is 1. The highest BCUT2D eigenvalue weighted by atomic mass is 35.7. The Kier molecular flexibility index (Phi) is 2.99. The van der Waals surface area contributed by atoms with Crippen molar-refractivity contribution in [2.24, 2.45) is 0 Å². The fourth-order valence-electron chi connectivity index (χ4n) is 1.02. The molecule has 0 heterocycles. The van der Waals surface area contributed by atoms with E-state index in [1.807, 2.05) is 6.92 Å². The summed E-state index contributed by atoms with van der Waals surface area (Å²) < 4.78 is 27.4. The molecule has 0 saturated heterocycles. The average molecular weight is 223 g/mol. The highest BCUT2D eigenvalue weighted by Crippen LogP contribution is 2.54. The largest absolute Gasteiger partial charge is 0.514 e. The number of aryl methyl sites for hydroxylation is 2. The average Bonchev–Trinajstić information content (AvgIpc) is 1.93. The molecule has 5 heteroatoms. The molecule has 0 bridgehead atoms. The topological polar surface area (TPSA) is 26.3 Å². The van der Waals surface area contributed by atoms with Crippen LogP contribution in [0.1, 0.15) is 11.1 Å². The van der Waals surface area contributed by atoms with E-state index in [9.17, 15) is 8.76 Å². The summed E-state index contributed by atoms with van der Waals surface area (Å²) in [6.07, 6.45) is 0. The monoisotopic (exact) mass is 222 g/mol. The Labute approximate surface area is 81.0 Å². The number of halogens is 2. The lowest BCUT2D eigenvalue weighted by atomic mass is 10.1. The zero-order valence-electron chi connectivity index (χ0n) is 7.25. The van der Waals surface area contributed by atoms with Gasteiger partial charge in [0.1, 0.15) is 5.75 Å². The highest BCUT2D eigenvalue weighted by molar-refractivity contribution is 7.81. The molecule has 0 aliphatic heterocycles. The van der Waals surface area contributed by atoms with Crippen LogP contribution in [0.15, 0.2) is 18.2 Å². The summed E-state index contributed by atoms with van der Waals surface area (Å²) in [5.41, 5.74) is 1.73. The molecule has 0 fully saturated rings. The van der Waals surface area contributed by atoms with E-state index in [0.29, 0.717) is 5.56 Å². The van der Waals surface area contributed by atoms with Crippen LogP contribution in [-0.4, -0.2) is 0 Å². The molecule has 72 valence electrons. The van der Waals surface area contributed by atoms with E-state index in [1.54, 1.807) is 25.1 Å². The minimum atomic E-state index is -4.46. The van der Waals surface area contributed by atoms with Gasteiger partial charge in [-0.2, -0.15) is 0 Å². The zero-order valence-corrected chi connectivity index (χ0v) is 8.90. The lowest BCUT2D eigenvalue weighted by Gasteiger charge is -2.07. The molecule has 0 radical (unpaired) electrons. The fraction of sp³-hybridized carbons (Fsp3) is 0.250. The van der Waals surface area contributed by atoms with Crippen LogP contribution in [0.4, 0.5) is 4.20 Å². The van der Waals surface area contributed by atoms with E-state index in [0.717, 1.165) is 5.56 Å². The van der Waals surface area contributed by atoms with Gasteiger partial charge in [0.05, 0.1) is 0 Å². The van der Waals surface area contributed by atoms with Crippen LogP contribution >= 0.6 is 18.3 Å². The predicted molar refractivity (Wildman–Crippen MR) is 51.1 cm³/mol. The van der Waals surface area contributed by atoms with Crippen molar-refractivity contribution in [3.8, 4) is 5.75 Å². The van der Waals surface area contributed by atoms with Gasteiger partial charge in [0.25, 0.3) is 0 Å². The van der Waals surface area contributed by atoms with Gasteiger partial charge in [-0.15, -0.1) is 4.20 Å². The SMILES string of the molecule is Cc1ccc(OP(=O)(F)Cl)c(C)c1. The van der Waals surface area contributed by atoms with Crippen molar-refractivity contribution in [3.05, 3.63) is 29.3 Å². The van der Waals surface area contributed by atoms with Crippen LogP contribution in [-0.2, 0) is 4.57 Å². The number of hydrogen-bond donors (Lipinski definition) is 0. The molecular weight excluding hydrogens is 214 g/mol. The molecule has 1 rings (SSSR count). The molecule has 0 saturated carbocycles. The van der Waals surface area contributed by atoms with E-state index < -0.39 is 7.03 Å². The standard InChI is InChI=1S/C8H9ClFO2P/c1-6-3-4-8(7(2)5-6)12-13(9,10)11/h3-5H,1-2H3. The van der Waals surface area contributed by atoms with Crippen LogP contribution in [0.25, 0.3) is 0 Å². The van der Waals surface area contributed by atoms with Crippen LogP contribution in [0.3, 0.4) is 0 Å². The third-order valence-electron chi connectivity index (χ3n) is 1.54. The fourth-order valence-corrected chi connectivity index (χ4v) is 1.67. The van der Waals surface area contributed by atoms with Crippen LogP contribution in [0.2, 0.25) is 0 Å². The normalized spacial score (nSPS) is 15.1. The minimum absolute atomic E-state index is 0.214. The first-order chi connectivity index (χ1) is 5.88. The summed E-state index contributed by atoms with van der Waals surface area (Å²) >= 11 is 4.85. The summed E-state index contributed by atoms with van der Waals surface area (Å²) in [6.45, 7) is 3.63. The summed E-state index contributed by atoms with van der Waals surface area (Å²) in [4.78, 5) is 0. The Hall–Kier alpha value is -0.530. The molecule has 0 aliphatic rings. The second-order valence-electron chi connectivity index (χ2n) is 2.77. The molecule has 0 spiro atoms. The van der Waals surface area contributed by atoms with Gasteiger partial charge in [-0.25, -0.2) is 4.57 Å². The van der Waals surface area contributed by atoms with Crippen LogP contribution < -0.4 is 4.52 Å². The first-order valence-corrected chi connectivity index (χ1v) is 6.07. The van der Waals surface area contributed by atoms with Gasteiger partial charge >= 0.3 is 7.03 Å². The number of hydrogen-bond acceptors (Lipinski definition) is 2. The summed E-state index contributed by atoms with van der Waals surface area (Å²) in [5, 5.41) is 0. The van der Waals surface area contributed by atoms with Crippen LogP contribution in [0, 0.1) is 13.8 Å². The lowest BCUT2D eigenvalue weighted by molar-refractivity contribution is 0.453. The van der Waals surface area contributed by atoms with Gasteiger partial charge in [-0.05, 0) is 25.5 Å². The first-order valence-electron chi connectivity index (χ1n) is 3.65. The van der Waals surface area contributed by atoms with Crippen molar-refractivity contribution < 1.29 is 13.3 Å². The van der Waals surface area contributed by atoms with Crippen molar-refractivity contribution in [1.82, 2.24) is 0 Å². The van der Waals surface area contributed by atoms with E-state index in [4.69, 9.17) is 11.2 Å². The maximum absolute atomic E-state index is 12.5. The summed E-state index contributed by atoms with van der Waals surface area (Å²) in [7, 11) is -4.46. The van der Waals surface area contributed by atoms with E-state index >= 15 is 0 Å². The molecular formula is C8H9ClFO2P. The number of rotatable bonds is 2. The second kappa shape index (κ2) is 3.69. The Bertz CT molecular complexity index is 361. The van der Waals surface area contributed by atoms with Crippen molar-refractivity contribution in [3.63, 3.8) is 0 Å². The molecule has 0 N–H and O–H groups in total. The van der Waals surface area contributed by atoms with Crippen molar-refractivity contribution in [2.45, 2.75) is 13.8 Å². The first kappa shape index (κ1) is 10.6. The molecule has 0 amide bonds. The molecule has 1 unspecified atom stereocenters. The third kappa shape index (κ3) is 3.37. The smallest absolute Gasteiger partial charge is 0.410 e. The van der Waals surface area contributed by atoms with Crippen molar-refractivity contribution in [1.29, 1.82) is 0 Å². The molecule has 0 aliphatic carbocycles. The second-order valence-corrected chi connectivity index (χ2v) is 5.00. The minimum Gasteiger partial charge on any atom is -0.410 e. The maximum atomic E-state index is 12.5. The van der Waals surface area contributed by atoms with E-state index in [-0.39, 0.29) is 5.75 Å². The summed E-state index contributed by atoms with van der Waals surface area (Å²) in [5.74, 6) is 0.214. The van der Waals surface area contributed by atoms with Gasteiger partial charge in [-0.3, -0.25) is 0 Å². The predicted octanol–water partition coefficient (Wildman–Crippen LogP) is 4.00. The third-order valence-corrected chi connectivity index (χ3v) is 2.15.